The fourth-order valence-electron chi connectivity index (χ4n) is 4.85. The molecular weight excluding hydrogens is 439 g/mol. The van der Waals surface area contributed by atoms with Gasteiger partial charge in [-0.25, -0.2) is 0 Å². The maximum Gasteiger partial charge on any atom is 0.0728 e. The van der Waals surface area contributed by atoms with Gasteiger partial charge in [0.25, 0.3) is 0 Å². The fourth-order valence-corrected chi connectivity index (χ4v) is 5.04. The van der Waals surface area contributed by atoms with E-state index in [9.17, 15) is 5.11 Å². The zero-order valence-electron chi connectivity index (χ0n) is 17.4. The molecule has 30 heavy (non-hydrogen) atoms. The summed E-state index contributed by atoms with van der Waals surface area (Å²) in [5.41, 5.74) is 2.95. The van der Waals surface area contributed by atoms with E-state index in [4.69, 9.17) is 11.6 Å². The highest BCUT2D eigenvalue weighted by Crippen LogP contribution is 2.41. The average molecular weight is 472 g/mol. The molecule has 1 heterocycles. The van der Waals surface area contributed by atoms with Crippen molar-refractivity contribution in [3.05, 3.63) is 59.1 Å². The van der Waals surface area contributed by atoms with Crippen molar-refractivity contribution in [2.24, 2.45) is 0 Å². The SMILES string of the molecule is Cl.Cl.OC1(C(CN2CCNCC2)c2cccc(-c3cccc(Cl)c3)c2)CCCCC1. The first-order valence-electron chi connectivity index (χ1n) is 10.7. The van der Waals surface area contributed by atoms with E-state index in [1.807, 2.05) is 18.2 Å². The smallest absolute Gasteiger partial charge is 0.0728 e. The van der Waals surface area contributed by atoms with Crippen molar-refractivity contribution >= 4 is 36.4 Å². The maximum atomic E-state index is 11.7. The molecular formula is C24H33Cl3N2O. The van der Waals surface area contributed by atoms with Gasteiger partial charge in [0.1, 0.15) is 0 Å². The fraction of sp³-hybridized carbons (Fsp3) is 0.500. The molecule has 1 atom stereocenters. The molecule has 1 saturated heterocycles. The van der Waals surface area contributed by atoms with Crippen LogP contribution in [0.15, 0.2) is 48.5 Å². The zero-order chi connectivity index (χ0) is 19.4. The summed E-state index contributed by atoms with van der Waals surface area (Å²) in [4.78, 5) is 2.51. The minimum absolute atomic E-state index is 0. The standard InChI is InChI=1S/C24H31ClN2O.2ClH/c25-22-9-5-7-20(17-22)19-6-4-8-21(16-19)23(18-27-14-12-26-13-15-27)24(28)10-2-1-3-11-24;;/h4-9,16-17,23,26,28H,1-3,10-15,18H2;2*1H. The highest BCUT2D eigenvalue weighted by molar-refractivity contribution is 6.30. The summed E-state index contributed by atoms with van der Waals surface area (Å²) < 4.78 is 0. The Bertz CT molecular complexity index is 790. The molecule has 0 bridgehead atoms. The lowest BCUT2D eigenvalue weighted by atomic mass is 9.72. The second kappa shape index (κ2) is 11.7. The summed E-state index contributed by atoms with van der Waals surface area (Å²) >= 11 is 6.22. The predicted molar refractivity (Wildman–Crippen MR) is 131 cm³/mol. The quantitative estimate of drug-likeness (QED) is 0.601. The first-order valence-corrected chi connectivity index (χ1v) is 11.0. The third-order valence-corrected chi connectivity index (χ3v) is 6.70. The summed E-state index contributed by atoms with van der Waals surface area (Å²) in [6, 6.07) is 16.8. The van der Waals surface area contributed by atoms with Gasteiger partial charge in [-0.15, -0.1) is 24.8 Å². The molecule has 0 spiro atoms. The van der Waals surface area contributed by atoms with E-state index in [2.05, 4.69) is 40.5 Å². The van der Waals surface area contributed by atoms with Crippen LogP contribution in [0.1, 0.15) is 43.6 Å². The average Bonchev–Trinajstić information content (AvgIpc) is 2.73. The lowest BCUT2D eigenvalue weighted by Gasteiger charge is -2.42. The van der Waals surface area contributed by atoms with Gasteiger partial charge in [0.15, 0.2) is 0 Å². The van der Waals surface area contributed by atoms with Crippen LogP contribution in [0.25, 0.3) is 11.1 Å². The van der Waals surface area contributed by atoms with Gasteiger partial charge in [-0.05, 0) is 41.7 Å². The number of piperazine rings is 1. The van der Waals surface area contributed by atoms with Crippen LogP contribution in [0, 0.1) is 0 Å². The predicted octanol–water partition coefficient (Wildman–Crippen LogP) is 5.53. The molecule has 6 heteroatoms. The molecule has 2 aliphatic rings. The van der Waals surface area contributed by atoms with Crippen LogP contribution in [-0.4, -0.2) is 48.3 Å². The van der Waals surface area contributed by atoms with E-state index in [0.29, 0.717) is 0 Å². The summed E-state index contributed by atoms with van der Waals surface area (Å²) in [5.74, 6) is 0.144. The molecule has 0 amide bonds. The minimum Gasteiger partial charge on any atom is -0.389 e. The van der Waals surface area contributed by atoms with Crippen LogP contribution in [0.4, 0.5) is 0 Å². The van der Waals surface area contributed by atoms with Crippen LogP contribution in [0.3, 0.4) is 0 Å². The second-order valence-corrected chi connectivity index (χ2v) is 8.84. The first-order chi connectivity index (χ1) is 13.6. The Kier molecular flexibility index (Phi) is 9.93. The molecule has 2 aromatic carbocycles. The van der Waals surface area contributed by atoms with E-state index in [0.717, 1.165) is 69.0 Å². The van der Waals surface area contributed by atoms with E-state index >= 15 is 0 Å². The zero-order valence-corrected chi connectivity index (χ0v) is 19.7. The Balaban J connectivity index is 0.00000160. The Morgan fingerprint density at radius 2 is 1.57 bits per heavy atom. The molecule has 166 valence electrons. The minimum atomic E-state index is -0.601. The molecule has 1 saturated carbocycles. The topological polar surface area (TPSA) is 35.5 Å². The van der Waals surface area contributed by atoms with Crippen molar-refractivity contribution in [2.45, 2.75) is 43.6 Å². The van der Waals surface area contributed by atoms with Gasteiger partial charge in [-0.2, -0.15) is 0 Å². The van der Waals surface area contributed by atoms with Crippen LogP contribution >= 0.6 is 36.4 Å². The molecule has 1 unspecified atom stereocenters. The van der Waals surface area contributed by atoms with Crippen LogP contribution in [0.2, 0.25) is 5.02 Å². The molecule has 1 aliphatic heterocycles. The molecule has 1 aliphatic carbocycles. The number of nitrogens with zero attached hydrogens (tertiary/aromatic N) is 1. The molecule has 2 N–H and O–H groups in total. The number of rotatable bonds is 5. The normalized spacial score (nSPS) is 19.9. The van der Waals surface area contributed by atoms with Crippen molar-refractivity contribution in [2.75, 3.05) is 32.7 Å². The number of hydrogen-bond donors (Lipinski definition) is 2. The molecule has 2 aromatic rings. The summed E-state index contributed by atoms with van der Waals surface area (Å²) in [7, 11) is 0. The van der Waals surface area contributed by atoms with E-state index < -0.39 is 5.60 Å². The molecule has 3 nitrogen and oxygen atoms in total. The Hall–Kier alpha value is -0.810. The molecule has 0 radical (unpaired) electrons. The monoisotopic (exact) mass is 470 g/mol. The van der Waals surface area contributed by atoms with Crippen LogP contribution in [0.5, 0.6) is 0 Å². The van der Waals surface area contributed by atoms with Crippen molar-refractivity contribution < 1.29 is 5.11 Å². The highest BCUT2D eigenvalue weighted by atomic mass is 35.5. The Morgan fingerprint density at radius 3 is 2.23 bits per heavy atom. The van der Waals surface area contributed by atoms with Gasteiger partial charge in [-0.1, -0.05) is 67.3 Å². The van der Waals surface area contributed by atoms with Gasteiger partial charge < -0.3 is 15.3 Å². The number of hydrogen-bond acceptors (Lipinski definition) is 3. The van der Waals surface area contributed by atoms with Crippen molar-refractivity contribution in [1.82, 2.24) is 10.2 Å². The van der Waals surface area contributed by atoms with Gasteiger partial charge in [-0.3, -0.25) is 0 Å². The van der Waals surface area contributed by atoms with Crippen LogP contribution < -0.4 is 5.32 Å². The Morgan fingerprint density at radius 1 is 0.933 bits per heavy atom. The third-order valence-electron chi connectivity index (χ3n) is 6.47. The lowest BCUT2D eigenvalue weighted by Crippen LogP contribution is -2.49. The lowest BCUT2D eigenvalue weighted by molar-refractivity contribution is -0.0316. The molecule has 4 rings (SSSR count). The van der Waals surface area contributed by atoms with Gasteiger partial charge in [0, 0.05) is 43.7 Å². The molecule has 0 aromatic heterocycles. The Labute approximate surface area is 198 Å². The highest BCUT2D eigenvalue weighted by Gasteiger charge is 2.39. The van der Waals surface area contributed by atoms with Crippen molar-refractivity contribution in [1.29, 1.82) is 0 Å². The summed E-state index contributed by atoms with van der Waals surface area (Å²) in [5, 5.41) is 15.8. The second-order valence-electron chi connectivity index (χ2n) is 8.40. The number of nitrogens with one attached hydrogen (secondary N) is 1. The maximum absolute atomic E-state index is 11.7. The number of halogens is 3. The third kappa shape index (κ3) is 6.12. The van der Waals surface area contributed by atoms with Crippen molar-refractivity contribution in [3.63, 3.8) is 0 Å². The summed E-state index contributed by atoms with van der Waals surface area (Å²) in [6.45, 7) is 5.11. The summed E-state index contributed by atoms with van der Waals surface area (Å²) in [6.07, 6.45) is 5.31. The van der Waals surface area contributed by atoms with E-state index in [1.54, 1.807) is 0 Å². The van der Waals surface area contributed by atoms with Gasteiger partial charge >= 0.3 is 0 Å². The molecule has 2 fully saturated rings. The van der Waals surface area contributed by atoms with Gasteiger partial charge in [0.05, 0.1) is 5.60 Å². The first kappa shape index (κ1) is 25.5. The van der Waals surface area contributed by atoms with Crippen molar-refractivity contribution in [3.8, 4) is 11.1 Å². The number of aliphatic hydroxyl groups is 1. The van der Waals surface area contributed by atoms with Gasteiger partial charge in [0.2, 0.25) is 0 Å². The van der Waals surface area contributed by atoms with Crippen LogP contribution in [-0.2, 0) is 0 Å². The van der Waals surface area contributed by atoms with E-state index in [-0.39, 0.29) is 30.7 Å². The van der Waals surface area contributed by atoms with E-state index in [1.165, 1.54) is 17.5 Å². The number of benzene rings is 2. The largest absolute Gasteiger partial charge is 0.389 e.